The molecule has 2 aliphatic heterocycles. The SMILES string of the molecule is Cc1cccc(CN2C[C@H]3Cc4nnc(C(=O)NC(C)C)n4C[C@H]3C2)c1. The van der Waals surface area contributed by atoms with E-state index in [2.05, 4.69) is 51.6 Å². The monoisotopic (exact) mass is 353 g/mol. The molecule has 2 aliphatic rings. The third-order valence-electron chi connectivity index (χ3n) is 5.45. The highest BCUT2D eigenvalue weighted by Gasteiger charge is 2.39. The maximum Gasteiger partial charge on any atom is 0.289 e. The highest BCUT2D eigenvalue weighted by atomic mass is 16.2. The second-order valence-corrected chi connectivity index (χ2v) is 8.09. The van der Waals surface area contributed by atoms with Crippen molar-refractivity contribution in [2.45, 2.75) is 46.3 Å². The fourth-order valence-electron chi connectivity index (χ4n) is 4.31. The number of nitrogens with one attached hydrogen (secondary N) is 1. The Labute approximate surface area is 154 Å². The van der Waals surface area contributed by atoms with Gasteiger partial charge in [-0.05, 0) is 38.2 Å². The van der Waals surface area contributed by atoms with Crippen molar-refractivity contribution in [3.8, 4) is 0 Å². The average Bonchev–Trinajstić information content (AvgIpc) is 3.14. The van der Waals surface area contributed by atoms with Gasteiger partial charge in [-0.25, -0.2) is 0 Å². The van der Waals surface area contributed by atoms with Crippen LogP contribution in [-0.2, 0) is 19.5 Å². The van der Waals surface area contributed by atoms with Crippen LogP contribution in [0.1, 0.15) is 41.4 Å². The Morgan fingerprint density at radius 2 is 2.04 bits per heavy atom. The summed E-state index contributed by atoms with van der Waals surface area (Å²) in [5.41, 5.74) is 2.69. The van der Waals surface area contributed by atoms with Crippen LogP contribution in [0, 0.1) is 18.8 Å². The smallest absolute Gasteiger partial charge is 0.289 e. The van der Waals surface area contributed by atoms with Crippen LogP contribution in [0.4, 0.5) is 0 Å². The van der Waals surface area contributed by atoms with E-state index in [0.29, 0.717) is 17.7 Å². The van der Waals surface area contributed by atoms with Crippen molar-refractivity contribution in [2.75, 3.05) is 13.1 Å². The largest absolute Gasteiger partial charge is 0.347 e. The second kappa shape index (κ2) is 6.83. The van der Waals surface area contributed by atoms with Gasteiger partial charge in [0.1, 0.15) is 5.82 Å². The quantitative estimate of drug-likeness (QED) is 0.914. The highest BCUT2D eigenvalue weighted by Crippen LogP contribution is 2.33. The molecular weight excluding hydrogens is 326 g/mol. The molecule has 1 saturated heterocycles. The summed E-state index contributed by atoms with van der Waals surface area (Å²) in [4.78, 5) is 14.9. The van der Waals surface area contributed by atoms with Crippen molar-refractivity contribution in [2.24, 2.45) is 11.8 Å². The molecule has 2 aromatic rings. The third-order valence-corrected chi connectivity index (χ3v) is 5.45. The number of aryl methyl sites for hydroxylation is 1. The van der Waals surface area contributed by atoms with E-state index < -0.39 is 0 Å². The predicted molar refractivity (Wildman–Crippen MR) is 99.8 cm³/mol. The number of carbonyl (C=O) groups excluding carboxylic acids is 1. The van der Waals surface area contributed by atoms with Gasteiger partial charge in [-0.3, -0.25) is 9.69 Å². The summed E-state index contributed by atoms with van der Waals surface area (Å²) < 4.78 is 2.04. The molecule has 6 nitrogen and oxygen atoms in total. The fourth-order valence-corrected chi connectivity index (χ4v) is 4.31. The summed E-state index contributed by atoms with van der Waals surface area (Å²) in [5, 5.41) is 11.4. The van der Waals surface area contributed by atoms with E-state index in [4.69, 9.17) is 0 Å². The van der Waals surface area contributed by atoms with Crippen LogP contribution in [0.15, 0.2) is 24.3 Å². The van der Waals surface area contributed by atoms with Crippen LogP contribution in [-0.4, -0.2) is 44.7 Å². The molecule has 0 spiro atoms. The first-order valence-corrected chi connectivity index (χ1v) is 9.50. The molecule has 0 radical (unpaired) electrons. The van der Waals surface area contributed by atoms with Crippen LogP contribution in [0.5, 0.6) is 0 Å². The number of nitrogens with zero attached hydrogens (tertiary/aromatic N) is 4. The molecule has 0 saturated carbocycles. The molecule has 0 bridgehead atoms. The summed E-state index contributed by atoms with van der Waals surface area (Å²) in [6.45, 7) is 10.1. The van der Waals surface area contributed by atoms with Gasteiger partial charge in [0.25, 0.3) is 5.91 Å². The van der Waals surface area contributed by atoms with Gasteiger partial charge in [0.05, 0.1) is 0 Å². The summed E-state index contributed by atoms with van der Waals surface area (Å²) in [5.74, 6) is 2.47. The van der Waals surface area contributed by atoms with Crippen molar-refractivity contribution < 1.29 is 4.79 Å². The summed E-state index contributed by atoms with van der Waals surface area (Å²) in [6.07, 6.45) is 0.914. The maximum atomic E-state index is 12.4. The molecule has 1 fully saturated rings. The molecule has 6 heteroatoms. The molecule has 1 amide bonds. The molecule has 26 heavy (non-hydrogen) atoms. The van der Waals surface area contributed by atoms with Gasteiger partial charge < -0.3 is 9.88 Å². The topological polar surface area (TPSA) is 63.1 Å². The highest BCUT2D eigenvalue weighted by molar-refractivity contribution is 5.90. The first kappa shape index (κ1) is 17.2. The van der Waals surface area contributed by atoms with Gasteiger partial charge in [-0.2, -0.15) is 0 Å². The normalized spacial score (nSPS) is 22.3. The number of benzene rings is 1. The second-order valence-electron chi connectivity index (χ2n) is 8.09. The van der Waals surface area contributed by atoms with Crippen molar-refractivity contribution in [3.63, 3.8) is 0 Å². The van der Waals surface area contributed by atoms with E-state index in [1.807, 2.05) is 18.4 Å². The Morgan fingerprint density at radius 3 is 2.81 bits per heavy atom. The van der Waals surface area contributed by atoms with Crippen LogP contribution >= 0.6 is 0 Å². The minimum Gasteiger partial charge on any atom is -0.347 e. The van der Waals surface area contributed by atoms with Crippen molar-refractivity contribution in [3.05, 3.63) is 47.0 Å². The number of likely N-dealkylation sites (tertiary alicyclic amines) is 1. The molecule has 3 heterocycles. The number of carbonyl (C=O) groups is 1. The fraction of sp³-hybridized carbons (Fsp3) is 0.550. The van der Waals surface area contributed by atoms with E-state index in [0.717, 1.165) is 38.4 Å². The Bertz CT molecular complexity index is 812. The Morgan fingerprint density at radius 1 is 1.23 bits per heavy atom. The maximum absolute atomic E-state index is 12.4. The van der Waals surface area contributed by atoms with Gasteiger partial charge in [-0.15, -0.1) is 10.2 Å². The number of fused-ring (bicyclic) bond motifs is 2. The van der Waals surface area contributed by atoms with Crippen LogP contribution in [0.25, 0.3) is 0 Å². The van der Waals surface area contributed by atoms with E-state index >= 15 is 0 Å². The molecule has 0 aliphatic carbocycles. The minimum atomic E-state index is -0.119. The van der Waals surface area contributed by atoms with Gasteiger partial charge in [0, 0.05) is 38.6 Å². The lowest BCUT2D eigenvalue weighted by Crippen LogP contribution is -2.35. The number of aromatic nitrogens is 3. The Kier molecular flexibility index (Phi) is 4.53. The molecule has 1 N–H and O–H groups in total. The first-order valence-electron chi connectivity index (χ1n) is 9.50. The number of amides is 1. The lowest BCUT2D eigenvalue weighted by atomic mass is 9.89. The average molecular weight is 353 g/mol. The molecule has 4 rings (SSSR count). The lowest BCUT2D eigenvalue weighted by Gasteiger charge is -2.25. The van der Waals surface area contributed by atoms with Crippen molar-refractivity contribution in [1.29, 1.82) is 0 Å². The number of rotatable bonds is 4. The van der Waals surface area contributed by atoms with E-state index in [1.54, 1.807) is 0 Å². The number of hydrogen-bond donors (Lipinski definition) is 1. The predicted octanol–water partition coefficient (Wildman–Crippen LogP) is 2.03. The van der Waals surface area contributed by atoms with Crippen LogP contribution < -0.4 is 5.32 Å². The summed E-state index contributed by atoms with van der Waals surface area (Å²) >= 11 is 0. The zero-order valence-corrected chi connectivity index (χ0v) is 15.8. The van der Waals surface area contributed by atoms with Crippen molar-refractivity contribution >= 4 is 5.91 Å². The zero-order chi connectivity index (χ0) is 18.3. The van der Waals surface area contributed by atoms with Gasteiger partial charge >= 0.3 is 0 Å². The minimum absolute atomic E-state index is 0.100. The first-order chi connectivity index (χ1) is 12.5. The van der Waals surface area contributed by atoms with Gasteiger partial charge in [0.15, 0.2) is 0 Å². The van der Waals surface area contributed by atoms with E-state index in [9.17, 15) is 4.79 Å². The third kappa shape index (κ3) is 3.38. The molecule has 1 aromatic heterocycles. The number of hydrogen-bond acceptors (Lipinski definition) is 4. The van der Waals surface area contributed by atoms with Gasteiger partial charge in [0.2, 0.25) is 5.82 Å². The standard InChI is InChI=1S/C20H27N5O/c1-13(2)21-20(26)19-23-22-18-8-16-10-24(11-17(16)12-25(18)19)9-15-6-4-5-14(3)7-15/h4-7,13,16-17H,8-12H2,1-3H3,(H,21,26)/t16-,17-/m1/s1. The Hall–Kier alpha value is -2.21. The van der Waals surface area contributed by atoms with Gasteiger partial charge in [-0.1, -0.05) is 29.8 Å². The molecule has 1 aromatic carbocycles. The zero-order valence-electron chi connectivity index (χ0n) is 15.8. The van der Waals surface area contributed by atoms with E-state index in [1.165, 1.54) is 11.1 Å². The van der Waals surface area contributed by atoms with Crippen LogP contribution in [0.3, 0.4) is 0 Å². The Balaban J connectivity index is 1.45. The molecule has 138 valence electrons. The molecular formula is C20H27N5O. The van der Waals surface area contributed by atoms with Crippen molar-refractivity contribution in [1.82, 2.24) is 25.0 Å². The molecule has 0 unspecified atom stereocenters. The summed E-state index contributed by atoms with van der Waals surface area (Å²) in [7, 11) is 0. The van der Waals surface area contributed by atoms with E-state index in [-0.39, 0.29) is 11.9 Å². The molecule has 2 atom stereocenters. The van der Waals surface area contributed by atoms with Crippen LogP contribution in [0.2, 0.25) is 0 Å². The summed E-state index contributed by atoms with van der Waals surface area (Å²) in [6, 6.07) is 8.85. The lowest BCUT2D eigenvalue weighted by molar-refractivity contribution is 0.0924.